The van der Waals surface area contributed by atoms with Gasteiger partial charge in [0.05, 0.1) is 39.7 Å². The van der Waals surface area contributed by atoms with E-state index in [-0.39, 0.29) is 58.8 Å². The van der Waals surface area contributed by atoms with E-state index in [0.717, 1.165) is 18.9 Å². The Morgan fingerprint density at radius 1 is 1.11 bits per heavy atom. The second kappa shape index (κ2) is 10.4. The first kappa shape index (κ1) is 29.0. The Kier molecular flexibility index (Phi) is 6.70. The van der Waals surface area contributed by atoms with Gasteiger partial charge in [-0.1, -0.05) is 24.2 Å². The van der Waals surface area contributed by atoms with Crippen LogP contribution in [-0.2, 0) is 9.59 Å². The van der Waals surface area contributed by atoms with Gasteiger partial charge >= 0.3 is 0 Å². The van der Waals surface area contributed by atoms with Crippen LogP contribution in [0.1, 0.15) is 30.0 Å². The standard InChI is InChI=1S/C33H28ClF2N5O4/c1-4-23(43)39-12-13-40-21(15-39)32(44)38(3)31-30(40)18-14-19(34)24(25-20(35)6-5-7-22(25)42)26(36)29(18)41(33(31)45)28-16(2)10-11-37-27(28)17-8-9-17/h4-7,10-11,14,17,21,42H,1,8-9,12-13,15H2,2-3H3/t21-/m1/s1. The highest BCUT2D eigenvalue weighted by Crippen LogP contribution is 2.48. The summed E-state index contributed by atoms with van der Waals surface area (Å²) in [6.07, 6.45) is 4.50. The first-order valence-corrected chi connectivity index (χ1v) is 14.9. The molecule has 230 valence electrons. The number of amides is 2. The van der Waals surface area contributed by atoms with Crippen LogP contribution in [0, 0.1) is 18.6 Å². The molecular formula is C33H28ClF2N5O4. The van der Waals surface area contributed by atoms with Crippen molar-refractivity contribution < 1.29 is 23.5 Å². The van der Waals surface area contributed by atoms with Crippen molar-refractivity contribution in [2.75, 3.05) is 36.5 Å². The molecule has 3 aliphatic rings. The maximum absolute atomic E-state index is 17.3. The van der Waals surface area contributed by atoms with Gasteiger partial charge < -0.3 is 19.8 Å². The van der Waals surface area contributed by atoms with Gasteiger partial charge in [0.25, 0.3) is 11.5 Å². The third kappa shape index (κ3) is 4.24. The minimum atomic E-state index is -1.01. The van der Waals surface area contributed by atoms with Gasteiger partial charge in [0.1, 0.15) is 23.3 Å². The van der Waals surface area contributed by atoms with E-state index in [1.165, 1.54) is 45.7 Å². The summed E-state index contributed by atoms with van der Waals surface area (Å²) in [7, 11) is 1.48. The number of phenols is 1. The van der Waals surface area contributed by atoms with Crippen molar-refractivity contribution in [2.45, 2.75) is 31.7 Å². The molecule has 9 nitrogen and oxygen atoms in total. The molecule has 45 heavy (non-hydrogen) atoms. The topological polar surface area (TPSA) is 99.0 Å². The van der Waals surface area contributed by atoms with E-state index >= 15 is 8.78 Å². The van der Waals surface area contributed by atoms with Crippen LogP contribution in [0.3, 0.4) is 0 Å². The number of hydrogen-bond acceptors (Lipinski definition) is 6. The highest BCUT2D eigenvalue weighted by molar-refractivity contribution is 6.35. The predicted molar refractivity (Wildman–Crippen MR) is 167 cm³/mol. The number of aryl methyl sites for hydroxylation is 1. The first-order valence-electron chi connectivity index (χ1n) is 14.5. The second-order valence-corrected chi connectivity index (χ2v) is 12.1. The molecule has 1 aliphatic carbocycles. The minimum absolute atomic E-state index is 0.0224. The van der Waals surface area contributed by atoms with Gasteiger partial charge in [-0.05, 0) is 55.7 Å². The number of aromatic hydroxyl groups is 1. The number of carbonyl (C=O) groups is 2. The summed E-state index contributed by atoms with van der Waals surface area (Å²) in [6.45, 7) is 5.77. The molecule has 2 fully saturated rings. The van der Waals surface area contributed by atoms with E-state index in [9.17, 15) is 19.5 Å². The number of halogens is 3. The molecule has 0 bridgehead atoms. The number of likely N-dealkylation sites (N-methyl/N-ethyl adjacent to an activating group) is 1. The summed E-state index contributed by atoms with van der Waals surface area (Å²) in [5, 5.41) is 10.7. The Labute approximate surface area is 261 Å². The zero-order valence-electron chi connectivity index (χ0n) is 24.5. The number of piperazine rings is 1. The number of fused-ring (bicyclic) bond motifs is 5. The average Bonchev–Trinajstić information content (AvgIpc) is 3.86. The Bertz CT molecular complexity index is 2020. The molecule has 0 unspecified atom stereocenters. The summed E-state index contributed by atoms with van der Waals surface area (Å²) in [5.41, 5.74) is 0.252. The quantitative estimate of drug-likeness (QED) is 0.317. The van der Waals surface area contributed by atoms with Crippen LogP contribution in [0.4, 0.5) is 20.2 Å². The molecule has 7 rings (SSSR count). The predicted octanol–water partition coefficient (Wildman–Crippen LogP) is 5.06. The number of carbonyl (C=O) groups excluding carboxylic acids is 2. The van der Waals surface area contributed by atoms with Crippen LogP contribution in [-0.4, -0.2) is 64.1 Å². The third-order valence-corrected chi connectivity index (χ3v) is 9.29. The minimum Gasteiger partial charge on any atom is -0.507 e. The molecule has 4 aromatic rings. The molecule has 2 aliphatic heterocycles. The number of aromatic nitrogens is 2. The van der Waals surface area contributed by atoms with Gasteiger partial charge in [-0.2, -0.15) is 0 Å². The van der Waals surface area contributed by atoms with Crippen molar-refractivity contribution in [3.8, 4) is 22.6 Å². The van der Waals surface area contributed by atoms with E-state index in [2.05, 4.69) is 11.6 Å². The van der Waals surface area contributed by atoms with Gasteiger partial charge in [-0.3, -0.25) is 23.9 Å². The summed E-state index contributed by atoms with van der Waals surface area (Å²) in [5.74, 6) is -3.11. The van der Waals surface area contributed by atoms with Gasteiger partial charge in [0.2, 0.25) is 5.91 Å². The number of nitrogens with zero attached hydrogens (tertiary/aromatic N) is 5. The Morgan fingerprint density at radius 3 is 2.56 bits per heavy atom. The molecule has 2 amide bonds. The maximum Gasteiger partial charge on any atom is 0.281 e. The van der Waals surface area contributed by atoms with Crippen LogP contribution in [0.5, 0.6) is 5.75 Å². The van der Waals surface area contributed by atoms with Crippen molar-refractivity contribution in [1.29, 1.82) is 0 Å². The van der Waals surface area contributed by atoms with Crippen LogP contribution in [0.15, 0.2) is 54.0 Å². The third-order valence-electron chi connectivity index (χ3n) is 8.99. The molecule has 12 heteroatoms. The SMILES string of the molecule is C=CC(=O)N1CCN2c3c(c(=O)n(-c4c(C)ccnc4C4CC4)c4c(F)c(-c5c(O)cccc5F)c(Cl)cc34)N(C)C(=O)[C@H]2C1. The Hall–Kier alpha value is -4.77. The lowest BCUT2D eigenvalue weighted by Gasteiger charge is -2.47. The van der Waals surface area contributed by atoms with Crippen LogP contribution in [0.2, 0.25) is 5.02 Å². The Balaban J connectivity index is 1.62. The van der Waals surface area contributed by atoms with Gasteiger partial charge in [-0.25, -0.2) is 8.78 Å². The Morgan fingerprint density at radius 2 is 1.87 bits per heavy atom. The van der Waals surface area contributed by atoms with E-state index in [1.807, 2.05) is 0 Å². The fourth-order valence-electron chi connectivity index (χ4n) is 6.68. The lowest BCUT2D eigenvalue weighted by Crippen LogP contribution is -2.63. The molecule has 2 aromatic heterocycles. The number of benzene rings is 2. The molecule has 1 N–H and O–H groups in total. The summed E-state index contributed by atoms with van der Waals surface area (Å²) in [6, 6.07) is 5.90. The summed E-state index contributed by atoms with van der Waals surface area (Å²) < 4.78 is 33.7. The molecule has 0 radical (unpaired) electrons. The van der Waals surface area contributed by atoms with Gasteiger partial charge in [-0.15, -0.1) is 0 Å². The molecule has 1 saturated carbocycles. The van der Waals surface area contributed by atoms with Crippen molar-refractivity contribution >= 4 is 45.7 Å². The highest BCUT2D eigenvalue weighted by atomic mass is 35.5. The van der Waals surface area contributed by atoms with E-state index in [1.54, 1.807) is 24.1 Å². The lowest BCUT2D eigenvalue weighted by atomic mass is 9.96. The van der Waals surface area contributed by atoms with E-state index in [0.29, 0.717) is 16.9 Å². The number of anilines is 2. The van der Waals surface area contributed by atoms with Crippen molar-refractivity contribution in [3.05, 3.63) is 87.5 Å². The molecule has 1 atom stereocenters. The molecule has 2 aromatic carbocycles. The molecule has 4 heterocycles. The van der Waals surface area contributed by atoms with E-state index in [4.69, 9.17) is 11.6 Å². The molecule has 1 saturated heterocycles. The van der Waals surface area contributed by atoms with Crippen molar-refractivity contribution in [1.82, 2.24) is 14.5 Å². The van der Waals surface area contributed by atoms with Crippen LogP contribution >= 0.6 is 11.6 Å². The fourth-order valence-corrected chi connectivity index (χ4v) is 6.97. The first-order chi connectivity index (χ1) is 21.5. The zero-order chi connectivity index (χ0) is 31.9. The summed E-state index contributed by atoms with van der Waals surface area (Å²) in [4.78, 5) is 50.1. The fraction of sp³-hybridized carbons (Fsp3) is 0.273. The zero-order valence-corrected chi connectivity index (χ0v) is 25.2. The van der Waals surface area contributed by atoms with Crippen LogP contribution in [0.25, 0.3) is 27.7 Å². The highest BCUT2D eigenvalue weighted by Gasteiger charge is 2.45. The number of phenolic OH excluding ortho intramolecular Hbond substituents is 1. The van der Waals surface area contributed by atoms with E-state index < -0.39 is 46.0 Å². The average molecular weight is 632 g/mol. The maximum atomic E-state index is 17.3. The van der Waals surface area contributed by atoms with Crippen molar-refractivity contribution in [3.63, 3.8) is 0 Å². The molecular weight excluding hydrogens is 604 g/mol. The smallest absolute Gasteiger partial charge is 0.281 e. The summed E-state index contributed by atoms with van der Waals surface area (Å²) >= 11 is 6.73. The van der Waals surface area contributed by atoms with Crippen LogP contribution < -0.4 is 15.4 Å². The monoisotopic (exact) mass is 631 g/mol. The van der Waals surface area contributed by atoms with Gasteiger partial charge in [0, 0.05) is 43.2 Å². The normalized spacial score (nSPS) is 17.8. The van der Waals surface area contributed by atoms with Gasteiger partial charge in [0.15, 0.2) is 5.82 Å². The largest absolute Gasteiger partial charge is 0.507 e. The van der Waals surface area contributed by atoms with Crippen molar-refractivity contribution in [2.24, 2.45) is 0 Å². The molecule has 0 spiro atoms. The number of hydrogen-bond donors (Lipinski definition) is 1. The lowest BCUT2D eigenvalue weighted by molar-refractivity contribution is -0.128. The number of pyridine rings is 2. The second-order valence-electron chi connectivity index (χ2n) is 11.6. The number of rotatable bonds is 4.